The van der Waals surface area contributed by atoms with E-state index in [4.69, 9.17) is 5.73 Å². The fraction of sp³-hybridized carbons (Fsp3) is 0.529. The normalized spacial score (nSPS) is 15.9. The number of para-hydroxylation sites is 1. The van der Waals surface area contributed by atoms with Crippen molar-refractivity contribution in [3.05, 3.63) is 29.3 Å². The second-order valence-electron chi connectivity index (χ2n) is 6.57. The molecule has 8 heteroatoms. The van der Waals surface area contributed by atoms with Crippen molar-refractivity contribution in [3.8, 4) is 0 Å². The number of hydrogen-bond acceptors (Lipinski definition) is 4. The molecule has 1 aromatic rings. The van der Waals surface area contributed by atoms with Gasteiger partial charge in [-0.2, -0.15) is 0 Å². The first-order valence-corrected chi connectivity index (χ1v) is 10.1. The van der Waals surface area contributed by atoms with Crippen molar-refractivity contribution in [1.82, 2.24) is 4.90 Å². The molecule has 25 heavy (non-hydrogen) atoms. The molecule has 1 aromatic carbocycles. The molecule has 0 radical (unpaired) electrons. The Hall–Kier alpha value is -2.09. The minimum absolute atomic E-state index is 0.214. The summed E-state index contributed by atoms with van der Waals surface area (Å²) in [6, 6.07) is 5.50. The van der Waals surface area contributed by atoms with E-state index < -0.39 is 10.0 Å². The van der Waals surface area contributed by atoms with Crippen LogP contribution in [0.2, 0.25) is 0 Å². The summed E-state index contributed by atoms with van der Waals surface area (Å²) in [7, 11) is -3.61. The lowest BCUT2D eigenvalue weighted by Gasteiger charge is -2.33. The number of primary amides is 1. The predicted molar refractivity (Wildman–Crippen MR) is 96.6 cm³/mol. The van der Waals surface area contributed by atoms with Crippen molar-refractivity contribution in [2.75, 3.05) is 30.2 Å². The van der Waals surface area contributed by atoms with Gasteiger partial charge >= 0.3 is 0 Å². The average Bonchev–Trinajstić information content (AvgIpc) is 2.52. The predicted octanol–water partition coefficient (Wildman–Crippen LogP) is 0.793. The minimum Gasteiger partial charge on any atom is -0.369 e. The van der Waals surface area contributed by atoms with Crippen molar-refractivity contribution in [1.29, 1.82) is 0 Å². The molecule has 1 aliphatic rings. The summed E-state index contributed by atoms with van der Waals surface area (Å²) in [6.07, 6.45) is 2.14. The highest BCUT2D eigenvalue weighted by molar-refractivity contribution is 7.92. The van der Waals surface area contributed by atoms with Crippen LogP contribution in [0.4, 0.5) is 5.69 Å². The van der Waals surface area contributed by atoms with Gasteiger partial charge in [-0.25, -0.2) is 8.42 Å². The van der Waals surface area contributed by atoms with E-state index in [9.17, 15) is 18.0 Å². The summed E-state index contributed by atoms with van der Waals surface area (Å²) in [4.78, 5) is 25.5. The van der Waals surface area contributed by atoms with Gasteiger partial charge in [-0.1, -0.05) is 18.2 Å². The van der Waals surface area contributed by atoms with E-state index in [2.05, 4.69) is 0 Å². The van der Waals surface area contributed by atoms with Crippen LogP contribution in [0.15, 0.2) is 18.2 Å². The highest BCUT2D eigenvalue weighted by Crippen LogP contribution is 2.27. The third-order valence-electron chi connectivity index (χ3n) is 4.62. The molecule has 0 unspecified atom stereocenters. The molecule has 1 saturated heterocycles. The zero-order valence-corrected chi connectivity index (χ0v) is 15.7. The van der Waals surface area contributed by atoms with E-state index in [1.165, 1.54) is 4.31 Å². The van der Waals surface area contributed by atoms with Gasteiger partial charge in [-0.3, -0.25) is 13.9 Å². The number of likely N-dealkylation sites (tertiary alicyclic amines) is 1. The van der Waals surface area contributed by atoms with Crippen LogP contribution in [0.1, 0.15) is 24.0 Å². The highest BCUT2D eigenvalue weighted by Gasteiger charge is 2.29. The van der Waals surface area contributed by atoms with Gasteiger partial charge in [0, 0.05) is 19.0 Å². The zero-order valence-electron chi connectivity index (χ0n) is 14.9. The maximum atomic E-state index is 12.6. The number of nitrogens with zero attached hydrogens (tertiary/aromatic N) is 2. The summed E-state index contributed by atoms with van der Waals surface area (Å²) in [5, 5.41) is 0. The Bertz CT molecular complexity index is 748. The fourth-order valence-corrected chi connectivity index (χ4v) is 4.16. The van der Waals surface area contributed by atoms with Gasteiger partial charge in [-0.15, -0.1) is 0 Å². The molecule has 2 amide bonds. The van der Waals surface area contributed by atoms with Crippen LogP contribution in [0, 0.1) is 19.8 Å². The lowest BCUT2D eigenvalue weighted by atomic mass is 9.96. The Labute approximate surface area is 148 Å². The number of benzene rings is 1. The van der Waals surface area contributed by atoms with E-state index in [0.717, 1.165) is 17.4 Å². The van der Waals surface area contributed by atoms with Crippen molar-refractivity contribution in [2.45, 2.75) is 26.7 Å². The van der Waals surface area contributed by atoms with E-state index in [1.54, 1.807) is 4.90 Å². The molecule has 0 aromatic heterocycles. The topological polar surface area (TPSA) is 101 Å². The molecule has 2 rings (SSSR count). The van der Waals surface area contributed by atoms with E-state index >= 15 is 0 Å². The van der Waals surface area contributed by atoms with Gasteiger partial charge in [0.25, 0.3) is 0 Å². The number of nitrogens with two attached hydrogens (primary N) is 1. The second-order valence-corrected chi connectivity index (χ2v) is 8.47. The first-order chi connectivity index (χ1) is 11.6. The van der Waals surface area contributed by atoms with Crippen LogP contribution in [0.5, 0.6) is 0 Å². The Balaban J connectivity index is 2.19. The Morgan fingerprint density at radius 1 is 1.20 bits per heavy atom. The van der Waals surface area contributed by atoms with Crippen LogP contribution in [-0.2, 0) is 19.6 Å². The van der Waals surface area contributed by atoms with Crippen LogP contribution in [0.3, 0.4) is 0 Å². The maximum absolute atomic E-state index is 12.6. The van der Waals surface area contributed by atoms with Crippen molar-refractivity contribution in [3.63, 3.8) is 0 Å². The summed E-state index contributed by atoms with van der Waals surface area (Å²) >= 11 is 0. The lowest BCUT2D eigenvalue weighted by Crippen LogP contribution is -2.47. The standard InChI is InChI=1S/C17H25N3O4S/c1-12-5-4-6-13(2)16(12)20(25(3,23)24)11-15(21)19-9-7-14(8-10-19)17(18)22/h4-6,14H,7-11H2,1-3H3,(H2,18,22). The van der Waals surface area contributed by atoms with Gasteiger partial charge < -0.3 is 10.6 Å². The molecule has 1 heterocycles. The van der Waals surface area contributed by atoms with E-state index in [1.807, 2.05) is 32.0 Å². The summed E-state index contributed by atoms with van der Waals surface area (Å²) in [5.74, 6) is -0.829. The molecule has 7 nitrogen and oxygen atoms in total. The maximum Gasteiger partial charge on any atom is 0.243 e. The molecule has 0 bridgehead atoms. The lowest BCUT2D eigenvalue weighted by molar-refractivity contribution is -0.133. The molecule has 0 spiro atoms. The number of rotatable bonds is 5. The molecular weight excluding hydrogens is 342 g/mol. The largest absolute Gasteiger partial charge is 0.369 e. The third kappa shape index (κ3) is 4.50. The van der Waals surface area contributed by atoms with Crippen molar-refractivity contribution in [2.24, 2.45) is 11.7 Å². The number of carbonyl (C=O) groups excluding carboxylic acids is 2. The molecule has 0 aliphatic carbocycles. The van der Waals surface area contributed by atoms with Crippen LogP contribution >= 0.6 is 0 Å². The smallest absolute Gasteiger partial charge is 0.243 e. The van der Waals surface area contributed by atoms with Crippen molar-refractivity contribution >= 4 is 27.5 Å². The number of amides is 2. The van der Waals surface area contributed by atoms with Crippen molar-refractivity contribution < 1.29 is 18.0 Å². The minimum atomic E-state index is -3.61. The number of aryl methyl sites for hydroxylation is 2. The number of anilines is 1. The monoisotopic (exact) mass is 367 g/mol. The third-order valence-corrected chi connectivity index (χ3v) is 5.73. The highest BCUT2D eigenvalue weighted by atomic mass is 32.2. The fourth-order valence-electron chi connectivity index (χ4n) is 3.20. The van der Waals surface area contributed by atoms with Gasteiger partial charge in [0.2, 0.25) is 21.8 Å². The van der Waals surface area contributed by atoms with Gasteiger partial charge in [-0.05, 0) is 37.8 Å². The van der Waals surface area contributed by atoms with Gasteiger partial charge in [0.15, 0.2) is 0 Å². The Morgan fingerprint density at radius 3 is 2.16 bits per heavy atom. The van der Waals surface area contributed by atoms with Gasteiger partial charge in [0.1, 0.15) is 6.54 Å². The molecule has 0 atom stereocenters. The average molecular weight is 367 g/mol. The summed E-state index contributed by atoms with van der Waals surface area (Å²) < 4.78 is 25.7. The number of piperidine rings is 1. The first-order valence-electron chi connectivity index (χ1n) is 8.22. The second kappa shape index (κ2) is 7.43. The molecule has 1 fully saturated rings. The van der Waals surface area contributed by atoms with Crippen LogP contribution in [-0.4, -0.2) is 51.0 Å². The first kappa shape index (κ1) is 19.2. The Kier molecular flexibility index (Phi) is 5.72. The van der Waals surface area contributed by atoms with Gasteiger partial charge in [0.05, 0.1) is 11.9 Å². The zero-order chi connectivity index (χ0) is 18.8. The Morgan fingerprint density at radius 2 is 1.72 bits per heavy atom. The summed E-state index contributed by atoms with van der Waals surface area (Å²) in [5.41, 5.74) is 7.45. The van der Waals surface area contributed by atoms with Crippen LogP contribution < -0.4 is 10.0 Å². The molecule has 0 saturated carbocycles. The number of hydrogen-bond donors (Lipinski definition) is 1. The number of carbonyl (C=O) groups is 2. The molecule has 2 N–H and O–H groups in total. The molecule has 138 valence electrons. The van der Waals surface area contributed by atoms with E-state index in [-0.39, 0.29) is 24.3 Å². The summed E-state index contributed by atoms with van der Waals surface area (Å²) in [6.45, 7) is 4.23. The molecule has 1 aliphatic heterocycles. The van der Waals surface area contributed by atoms with E-state index in [0.29, 0.717) is 31.6 Å². The van der Waals surface area contributed by atoms with Crippen LogP contribution in [0.25, 0.3) is 0 Å². The number of sulfonamides is 1. The quantitative estimate of drug-likeness (QED) is 0.831. The molecular formula is C17H25N3O4S. The SMILES string of the molecule is Cc1cccc(C)c1N(CC(=O)N1CCC(C(N)=O)CC1)S(C)(=O)=O.